The summed E-state index contributed by atoms with van der Waals surface area (Å²) >= 11 is 1.40. The van der Waals surface area contributed by atoms with Crippen molar-refractivity contribution in [2.45, 2.75) is 96.7 Å². The first-order valence-corrected chi connectivity index (χ1v) is 19.4. The topological polar surface area (TPSA) is 201 Å². The van der Waals surface area contributed by atoms with E-state index in [1.165, 1.54) is 25.2 Å². The number of carbonyl (C=O) groups is 7. The Labute approximate surface area is 325 Å². The molecule has 0 spiro atoms. The monoisotopic (exact) mass is 773 g/mol. The van der Waals surface area contributed by atoms with Crippen LogP contribution in [-0.4, -0.2) is 82.7 Å². The maximum absolute atomic E-state index is 13.6. The predicted molar refractivity (Wildman–Crippen MR) is 207 cm³/mol. The van der Waals surface area contributed by atoms with Crippen LogP contribution in [0.5, 0.6) is 5.75 Å². The molecule has 14 heteroatoms. The zero-order valence-electron chi connectivity index (χ0n) is 31.8. The molecule has 3 aromatic rings. The SMILES string of the molecule is CN[C@H]1Cc2ccc(O)c(c2)Cc2cnc(s2)CCC(=O)NC[C@@H](C(=O)C[C@@H](Cc2ccccc2)C(C)=O)NC(=O)CCC(=O)[C@H](C)NC(=O)[C@H](C)CC1=O. The predicted octanol–water partition coefficient (Wildman–Crippen LogP) is 2.97. The highest BCUT2D eigenvalue weighted by Crippen LogP contribution is 2.26. The van der Waals surface area contributed by atoms with Gasteiger partial charge in [-0.3, -0.25) is 33.6 Å². The van der Waals surface area contributed by atoms with E-state index in [1.54, 1.807) is 32.3 Å². The number of aryl methyl sites for hydroxylation is 1. The van der Waals surface area contributed by atoms with Crippen LogP contribution in [-0.2, 0) is 59.2 Å². The summed E-state index contributed by atoms with van der Waals surface area (Å²) in [5.41, 5.74) is 2.34. The molecule has 55 heavy (non-hydrogen) atoms. The Bertz CT molecular complexity index is 1860. The van der Waals surface area contributed by atoms with Gasteiger partial charge < -0.3 is 26.4 Å². The summed E-state index contributed by atoms with van der Waals surface area (Å²) in [5, 5.41) is 22.4. The van der Waals surface area contributed by atoms with Gasteiger partial charge in [0.1, 0.15) is 17.6 Å². The van der Waals surface area contributed by atoms with Gasteiger partial charge in [0, 0.05) is 74.4 Å². The Kier molecular flexibility index (Phi) is 15.9. The second-order valence-electron chi connectivity index (χ2n) is 14.3. The zero-order valence-corrected chi connectivity index (χ0v) is 32.6. The standard InChI is InChI=1S/C41H51N5O8S/c1-24-16-36(50)32(42-4)19-28-10-11-35(49)30(18-28)20-31-22-44-40(55-31)15-14-38(52)43-23-33(46-39(53)13-12-34(48)25(2)45-41(24)54)37(51)21-29(26(3)47)17-27-8-6-5-7-9-27/h5-11,18,22,24-25,29,32-33,42,49H,12-17,19-21,23H2,1-4H3,(H,43,52)(H,45,54)(H,46,53)/t24-,25+,29-,32+,33+/m1/s1. The molecule has 4 rings (SSSR count). The van der Waals surface area contributed by atoms with Crippen LogP contribution in [0.1, 0.15) is 79.5 Å². The first kappa shape index (κ1) is 42.7. The summed E-state index contributed by atoms with van der Waals surface area (Å²) in [5.74, 6) is -3.97. The second-order valence-corrected chi connectivity index (χ2v) is 15.5. The van der Waals surface area contributed by atoms with E-state index in [0.717, 1.165) is 16.0 Å². The van der Waals surface area contributed by atoms with E-state index in [9.17, 15) is 38.7 Å². The minimum Gasteiger partial charge on any atom is -0.508 e. The molecule has 13 nitrogen and oxygen atoms in total. The van der Waals surface area contributed by atoms with Crippen LogP contribution in [0.2, 0.25) is 0 Å². The average Bonchev–Trinajstić information content (AvgIpc) is 3.61. The van der Waals surface area contributed by atoms with Crippen molar-refractivity contribution in [3.8, 4) is 5.75 Å². The van der Waals surface area contributed by atoms with E-state index in [-0.39, 0.29) is 61.9 Å². The molecule has 2 aromatic carbocycles. The normalized spacial score (nSPS) is 21.9. The fraction of sp³-hybridized carbons (Fsp3) is 0.463. The van der Waals surface area contributed by atoms with Crippen molar-refractivity contribution >= 4 is 52.2 Å². The van der Waals surface area contributed by atoms with E-state index in [4.69, 9.17) is 0 Å². The number of fused-ring (bicyclic) bond motifs is 4. The molecular weight excluding hydrogens is 723 g/mol. The maximum atomic E-state index is 13.6. The highest BCUT2D eigenvalue weighted by molar-refractivity contribution is 7.11. The molecule has 0 fully saturated rings. The summed E-state index contributed by atoms with van der Waals surface area (Å²) in [6.07, 6.45) is 2.36. The number of hydrogen-bond acceptors (Lipinski definition) is 11. The van der Waals surface area contributed by atoms with Gasteiger partial charge >= 0.3 is 0 Å². The third kappa shape index (κ3) is 13.3. The number of nitrogens with one attached hydrogen (secondary N) is 4. The van der Waals surface area contributed by atoms with Crippen molar-refractivity contribution in [1.29, 1.82) is 0 Å². The maximum Gasteiger partial charge on any atom is 0.223 e. The van der Waals surface area contributed by atoms with Gasteiger partial charge in [-0.25, -0.2) is 4.98 Å². The molecule has 0 aliphatic carbocycles. The van der Waals surface area contributed by atoms with Crippen LogP contribution in [0.25, 0.3) is 0 Å². The van der Waals surface area contributed by atoms with Crippen LogP contribution in [0.15, 0.2) is 54.7 Å². The summed E-state index contributed by atoms with van der Waals surface area (Å²) in [4.78, 5) is 96.9. The van der Waals surface area contributed by atoms with Crippen LogP contribution < -0.4 is 21.3 Å². The first-order chi connectivity index (χ1) is 26.2. The molecule has 1 aliphatic heterocycles. The summed E-state index contributed by atoms with van der Waals surface area (Å²) in [7, 11) is 1.66. The molecule has 0 saturated carbocycles. The molecule has 294 valence electrons. The Morgan fingerprint density at radius 3 is 2.36 bits per heavy atom. The molecule has 1 aromatic heterocycles. The number of nitrogens with zero attached hydrogens (tertiary/aromatic N) is 1. The number of phenols is 1. The minimum absolute atomic E-state index is 0.0583. The van der Waals surface area contributed by atoms with Crippen LogP contribution in [0, 0.1) is 11.8 Å². The molecular formula is C41H51N5O8S. The molecule has 1 aliphatic rings. The molecule has 0 saturated heterocycles. The number of benzene rings is 2. The molecule has 0 unspecified atom stereocenters. The lowest BCUT2D eigenvalue weighted by atomic mass is 9.89. The molecule has 0 radical (unpaired) electrons. The van der Waals surface area contributed by atoms with Crippen molar-refractivity contribution in [2.75, 3.05) is 13.6 Å². The lowest BCUT2D eigenvalue weighted by Gasteiger charge is -2.21. The number of hydrogen-bond donors (Lipinski definition) is 5. The van der Waals surface area contributed by atoms with Gasteiger partial charge in [0.2, 0.25) is 17.7 Å². The van der Waals surface area contributed by atoms with Gasteiger partial charge in [-0.15, -0.1) is 11.3 Å². The Morgan fingerprint density at radius 2 is 1.65 bits per heavy atom. The quantitative estimate of drug-likeness (QED) is 0.238. The number of Topliss-reactive ketones (excluding diaryl/α,β-unsaturated/α-hetero) is 4. The third-order valence-electron chi connectivity index (χ3n) is 9.82. The first-order valence-electron chi connectivity index (χ1n) is 18.6. The van der Waals surface area contributed by atoms with Gasteiger partial charge in [0.05, 0.1) is 17.1 Å². The van der Waals surface area contributed by atoms with Crippen molar-refractivity contribution < 1.29 is 38.7 Å². The van der Waals surface area contributed by atoms with Gasteiger partial charge in [0.25, 0.3) is 0 Å². The summed E-state index contributed by atoms with van der Waals surface area (Å²) in [6.45, 7) is 4.30. The smallest absolute Gasteiger partial charge is 0.223 e. The van der Waals surface area contributed by atoms with Crippen molar-refractivity contribution in [1.82, 2.24) is 26.3 Å². The number of likely N-dealkylation sites (N-methyl/N-ethyl adjacent to an activating group) is 1. The zero-order chi connectivity index (χ0) is 40.1. The van der Waals surface area contributed by atoms with Crippen molar-refractivity contribution in [3.05, 3.63) is 81.3 Å². The Morgan fingerprint density at radius 1 is 0.927 bits per heavy atom. The number of thiazole rings is 1. The number of ketones is 4. The molecule has 3 amide bonds. The molecule has 2 heterocycles. The van der Waals surface area contributed by atoms with Gasteiger partial charge in [-0.1, -0.05) is 49.4 Å². The molecule has 5 N–H and O–H groups in total. The Balaban J connectivity index is 1.53. The van der Waals surface area contributed by atoms with Crippen LogP contribution in [0.3, 0.4) is 0 Å². The van der Waals surface area contributed by atoms with E-state index in [0.29, 0.717) is 36.3 Å². The fourth-order valence-corrected chi connectivity index (χ4v) is 7.30. The van der Waals surface area contributed by atoms with Crippen molar-refractivity contribution in [3.63, 3.8) is 0 Å². The van der Waals surface area contributed by atoms with Gasteiger partial charge in [-0.2, -0.15) is 0 Å². The Hall–Kier alpha value is -5.08. The lowest BCUT2D eigenvalue weighted by molar-refractivity contribution is -0.133. The number of carbonyl (C=O) groups excluding carboxylic acids is 7. The minimum atomic E-state index is -1.16. The number of rotatable bonds is 7. The van der Waals surface area contributed by atoms with E-state index < -0.39 is 53.3 Å². The van der Waals surface area contributed by atoms with Crippen LogP contribution in [0.4, 0.5) is 0 Å². The van der Waals surface area contributed by atoms with Gasteiger partial charge in [0.15, 0.2) is 17.3 Å². The molecule has 4 bridgehead atoms. The molecule has 5 atom stereocenters. The lowest BCUT2D eigenvalue weighted by Crippen LogP contribution is -2.49. The van der Waals surface area contributed by atoms with Crippen molar-refractivity contribution in [2.24, 2.45) is 11.8 Å². The summed E-state index contributed by atoms with van der Waals surface area (Å²) < 4.78 is 0. The fourth-order valence-electron chi connectivity index (χ4n) is 6.36. The number of phenolic OH excluding ortho intramolecular Hbond substituents is 1. The summed E-state index contributed by atoms with van der Waals surface area (Å²) in [6, 6.07) is 11.7. The third-order valence-corrected chi connectivity index (χ3v) is 10.9. The van der Waals surface area contributed by atoms with E-state index in [1.807, 2.05) is 36.4 Å². The second kappa shape index (κ2) is 20.6. The number of amides is 3. The highest BCUT2D eigenvalue weighted by atomic mass is 32.1. The van der Waals surface area contributed by atoms with Crippen LogP contribution >= 0.6 is 11.3 Å². The average molecular weight is 774 g/mol. The number of aromatic hydroxyl groups is 1. The van der Waals surface area contributed by atoms with Gasteiger partial charge in [-0.05, 0) is 56.5 Å². The number of aromatic nitrogens is 1. The van der Waals surface area contributed by atoms with E-state index in [2.05, 4.69) is 26.3 Å². The highest BCUT2D eigenvalue weighted by Gasteiger charge is 2.29. The largest absolute Gasteiger partial charge is 0.508 e. The van der Waals surface area contributed by atoms with E-state index >= 15 is 0 Å².